The average Bonchev–Trinajstić information content (AvgIpc) is 1.33. The second-order valence-corrected chi connectivity index (χ2v) is 0.653. The standard InChI is InChI=1S/C2H3O2.Cr.2O/c1-2(3)4;;;/h1H2,(H,3,4);;;/q-1;;;-1/p-1. The van der Waals surface area contributed by atoms with Gasteiger partial charge in [0.15, 0.2) is 0 Å². The van der Waals surface area contributed by atoms with E-state index in [9.17, 15) is 0 Å². The Morgan fingerprint density at radius 1 is 1.71 bits per heavy atom. The number of carbonyl (C=O) groups is 1. The zero-order chi connectivity index (χ0) is 6.28. The van der Waals surface area contributed by atoms with Crippen molar-refractivity contribution in [2.75, 3.05) is 0 Å². The van der Waals surface area contributed by atoms with Crippen LogP contribution in [0.2, 0.25) is 0 Å². The molecule has 43 valence electrons. The van der Waals surface area contributed by atoms with Crippen LogP contribution in [0.5, 0.6) is 0 Å². The van der Waals surface area contributed by atoms with Gasteiger partial charge in [-0.15, -0.1) is 5.97 Å². The Morgan fingerprint density at radius 3 is 1.71 bits per heavy atom. The van der Waals surface area contributed by atoms with Crippen molar-refractivity contribution in [3.05, 3.63) is 6.92 Å². The molecule has 0 amide bonds. The van der Waals surface area contributed by atoms with Crippen LogP contribution < -0.4 is 9.26 Å². The summed E-state index contributed by atoms with van der Waals surface area (Å²) in [6, 6.07) is 0. The van der Waals surface area contributed by atoms with Gasteiger partial charge in [0.25, 0.3) is 0 Å². The van der Waals surface area contributed by atoms with Crippen LogP contribution in [0.4, 0.5) is 0 Å². The van der Waals surface area contributed by atoms with Crippen molar-refractivity contribution in [1.82, 2.24) is 0 Å². The van der Waals surface area contributed by atoms with Crippen LogP contribution in [-0.2, 0) is 24.1 Å². The van der Waals surface area contributed by atoms with Crippen LogP contribution in [-0.4, -0.2) is 5.97 Å². The molecule has 0 spiro atoms. The second-order valence-electron chi connectivity index (χ2n) is 0.440. The van der Waals surface area contributed by atoms with Crippen LogP contribution in [0.1, 0.15) is 0 Å². The first-order chi connectivity index (χ1) is 3.15. The summed E-state index contributed by atoms with van der Waals surface area (Å²) in [5, 5.41) is 8.78. The monoisotopic (exact) mass is 142 g/mol. The van der Waals surface area contributed by atoms with Crippen molar-refractivity contribution in [1.29, 1.82) is 0 Å². The van der Waals surface area contributed by atoms with Crippen molar-refractivity contribution in [2.45, 2.75) is 0 Å². The van der Waals surface area contributed by atoms with E-state index in [0.29, 0.717) is 0 Å². The maximum atomic E-state index is 8.78. The quantitative estimate of drug-likeness (QED) is 0.343. The third-order valence-corrected chi connectivity index (χ3v) is 0. The van der Waals surface area contributed by atoms with Gasteiger partial charge >= 0.3 is 23.4 Å². The Bertz CT molecular complexity index is 56.7. The molecule has 0 aromatic rings. The Morgan fingerprint density at radius 2 is 1.71 bits per heavy atom. The molecule has 0 bridgehead atoms. The van der Waals surface area contributed by atoms with Gasteiger partial charge in [0.2, 0.25) is 0 Å². The summed E-state index contributed by atoms with van der Waals surface area (Å²) in [5.41, 5.74) is 0. The fourth-order valence-electron chi connectivity index (χ4n) is 0. The van der Waals surface area contributed by atoms with Crippen molar-refractivity contribution in [3.63, 3.8) is 0 Å². The van der Waals surface area contributed by atoms with Crippen LogP contribution >= 0.6 is 0 Å². The molecule has 4 nitrogen and oxygen atoms in total. The number of carboxylic acids is 1. The predicted molar refractivity (Wildman–Crippen MR) is 11.1 cm³/mol. The van der Waals surface area contributed by atoms with E-state index in [2.05, 4.69) is 6.92 Å². The molecule has 0 radical (unpaired) electrons. The van der Waals surface area contributed by atoms with E-state index in [1.165, 1.54) is 0 Å². The van der Waals surface area contributed by atoms with E-state index in [1.807, 2.05) is 0 Å². The summed E-state index contributed by atoms with van der Waals surface area (Å²) in [6.45, 7) is 2.44. The molecule has 0 unspecified atom stereocenters. The first kappa shape index (κ1) is 9.81. The molecule has 0 rings (SSSR count). The molecule has 0 aromatic heterocycles. The summed E-state index contributed by atoms with van der Waals surface area (Å²) in [6.07, 6.45) is 0. The molecule has 0 aliphatic rings. The SMILES string of the molecule is [CH2-]C(=O)[O-].[O]=[Cr][O-]. The van der Waals surface area contributed by atoms with E-state index >= 15 is 0 Å². The number of hydrogen-bond donors (Lipinski definition) is 0. The summed E-state index contributed by atoms with van der Waals surface area (Å²) in [4.78, 5) is 8.78. The molecule has 5 heteroatoms. The third-order valence-electron chi connectivity index (χ3n) is 0. The fraction of sp³-hybridized carbons (Fsp3) is 0. The number of rotatable bonds is 0. The van der Waals surface area contributed by atoms with E-state index < -0.39 is 21.5 Å². The van der Waals surface area contributed by atoms with Crippen molar-refractivity contribution in [2.24, 2.45) is 0 Å². The molecule has 7 heavy (non-hydrogen) atoms. The van der Waals surface area contributed by atoms with Gasteiger partial charge in [0.05, 0.1) is 0 Å². The molecule has 0 saturated carbocycles. The number of aliphatic carboxylic acids is 1. The van der Waals surface area contributed by atoms with Gasteiger partial charge in [0, 0.05) is 0 Å². The number of carboxylic acid groups (broad SMARTS) is 1. The summed E-state index contributed by atoms with van der Waals surface area (Å²) in [7, 11) is 0. The van der Waals surface area contributed by atoms with Crippen LogP contribution in [0.15, 0.2) is 0 Å². The molecule has 0 heterocycles. The van der Waals surface area contributed by atoms with E-state index in [4.69, 9.17) is 17.9 Å². The molecular formula is C2H2CrO4-3. The van der Waals surface area contributed by atoms with Gasteiger partial charge in [-0.05, 0) is 0 Å². The van der Waals surface area contributed by atoms with Gasteiger partial charge in [-0.25, -0.2) is 0 Å². The maximum absolute atomic E-state index is 8.78. The van der Waals surface area contributed by atoms with Gasteiger partial charge in [-0.3, -0.25) is 0 Å². The van der Waals surface area contributed by atoms with Crippen LogP contribution in [0, 0.1) is 6.92 Å². The fourth-order valence-corrected chi connectivity index (χ4v) is 0. The Hall–Kier alpha value is -0.368. The zero-order valence-corrected chi connectivity index (χ0v) is 4.52. The minimum absolute atomic E-state index is 1.33. The summed E-state index contributed by atoms with van der Waals surface area (Å²) >= 11 is -1.62. The van der Waals surface area contributed by atoms with Gasteiger partial charge in [-0.1, -0.05) is 0 Å². The topological polar surface area (TPSA) is 80.3 Å². The normalized spacial score (nSPS) is 5.29. The van der Waals surface area contributed by atoms with Gasteiger partial charge < -0.3 is 16.8 Å². The number of hydrogen-bond acceptors (Lipinski definition) is 4. The van der Waals surface area contributed by atoms with E-state index in [0.717, 1.165) is 0 Å². The molecule has 0 aliphatic heterocycles. The van der Waals surface area contributed by atoms with Crippen LogP contribution in [0.25, 0.3) is 0 Å². The first-order valence-electron chi connectivity index (χ1n) is 1.10. The Labute approximate surface area is 47.0 Å². The Balaban J connectivity index is 0. The average molecular weight is 142 g/mol. The molecular weight excluding hydrogens is 140 g/mol. The molecule has 0 N–H and O–H groups in total. The van der Waals surface area contributed by atoms with Crippen molar-refractivity contribution < 1.29 is 33.3 Å². The van der Waals surface area contributed by atoms with Crippen molar-refractivity contribution in [3.8, 4) is 0 Å². The zero-order valence-electron chi connectivity index (χ0n) is 3.25. The molecule has 0 aliphatic carbocycles. The van der Waals surface area contributed by atoms with E-state index in [1.54, 1.807) is 0 Å². The Kier molecular flexibility index (Phi) is 12.8. The van der Waals surface area contributed by atoms with Crippen LogP contribution in [0.3, 0.4) is 0 Å². The van der Waals surface area contributed by atoms with E-state index in [-0.39, 0.29) is 0 Å². The van der Waals surface area contributed by atoms with Gasteiger partial charge in [0.1, 0.15) is 0 Å². The third kappa shape index (κ3) is 550. The molecule has 0 aromatic carbocycles. The number of carbonyl (C=O) groups excluding carboxylic acids is 1. The summed E-state index contributed by atoms with van der Waals surface area (Å²) in [5.74, 6) is -1.33. The molecule has 0 fully saturated rings. The molecule has 0 atom stereocenters. The molecule has 0 saturated heterocycles. The predicted octanol–water partition coefficient (Wildman–Crippen LogP) is -2.74. The minimum atomic E-state index is -1.62. The summed E-state index contributed by atoms with van der Waals surface area (Å²) < 4.78 is 16.9. The first-order valence-corrected chi connectivity index (χ1v) is 2.14. The van der Waals surface area contributed by atoms with Crippen molar-refractivity contribution >= 4 is 5.97 Å². The van der Waals surface area contributed by atoms with Gasteiger partial charge in [-0.2, -0.15) is 0 Å². The second kappa shape index (κ2) is 9.16.